The van der Waals surface area contributed by atoms with Gasteiger partial charge in [-0.05, 0) is 43.4 Å². The Kier molecular flexibility index (Phi) is 3.55. The molecule has 4 rings (SSSR count). The van der Waals surface area contributed by atoms with Crippen LogP contribution in [0.2, 0.25) is 0 Å². The third-order valence-electron chi connectivity index (χ3n) is 5.27. The highest BCUT2D eigenvalue weighted by atomic mass is 16.2. The number of hydrogen-bond donors (Lipinski definition) is 3. The highest BCUT2D eigenvalue weighted by molar-refractivity contribution is 6.06. The summed E-state index contributed by atoms with van der Waals surface area (Å²) in [4.78, 5) is 24.4. The number of aliphatic imine (C=N–C) groups is 2. The standard InChI is InChI=1S/C17H23N7O/c1-23-13-9-12(6-5-11(13)10-20-16(23)25)24-15(19)21-14(18)22-17(24)7-3-2-4-8-17/h5-6,9H,2-4,7-8,10H2,1H3,(H,20,25)(H4,18,19,21,22). The zero-order valence-corrected chi connectivity index (χ0v) is 14.3. The second-order valence-corrected chi connectivity index (χ2v) is 6.85. The number of benzene rings is 1. The summed E-state index contributed by atoms with van der Waals surface area (Å²) >= 11 is 0. The maximum absolute atomic E-state index is 12.0. The molecule has 0 aromatic heterocycles. The Morgan fingerprint density at radius 3 is 2.72 bits per heavy atom. The monoisotopic (exact) mass is 341 g/mol. The summed E-state index contributed by atoms with van der Waals surface area (Å²) in [6.07, 6.45) is 5.12. The molecule has 0 bridgehead atoms. The number of guanidine groups is 2. The molecule has 0 radical (unpaired) electrons. The number of carbonyl (C=O) groups excluding carboxylic acids is 1. The number of carbonyl (C=O) groups is 1. The lowest BCUT2D eigenvalue weighted by molar-refractivity contribution is 0.246. The van der Waals surface area contributed by atoms with Crippen LogP contribution in [0.4, 0.5) is 16.2 Å². The molecule has 1 aromatic rings. The molecule has 8 nitrogen and oxygen atoms in total. The summed E-state index contributed by atoms with van der Waals surface area (Å²) in [5, 5.41) is 2.84. The van der Waals surface area contributed by atoms with Crippen molar-refractivity contribution >= 4 is 29.3 Å². The van der Waals surface area contributed by atoms with E-state index in [2.05, 4.69) is 15.3 Å². The molecule has 0 atom stereocenters. The smallest absolute Gasteiger partial charge is 0.321 e. The van der Waals surface area contributed by atoms with Gasteiger partial charge in [0.1, 0.15) is 5.66 Å². The van der Waals surface area contributed by atoms with Gasteiger partial charge < -0.3 is 16.8 Å². The van der Waals surface area contributed by atoms with E-state index in [9.17, 15) is 4.79 Å². The Morgan fingerprint density at radius 1 is 1.20 bits per heavy atom. The maximum Gasteiger partial charge on any atom is 0.321 e. The molecule has 2 aliphatic heterocycles. The van der Waals surface area contributed by atoms with Gasteiger partial charge in [-0.3, -0.25) is 9.80 Å². The van der Waals surface area contributed by atoms with E-state index in [1.54, 1.807) is 11.9 Å². The average molecular weight is 341 g/mol. The van der Waals surface area contributed by atoms with Gasteiger partial charge >= 0.3 is 6.03 Å². The first kappa shape index (κ1) is 15.7. The average Bonchev–Trinajstić information content (AvgIpc) is 2.58. The van der Waals surface area contributed by atoms with Gasteiger partial charge in [-0.25, -0.2) is 9.79 Å². The lowest BCUT2D eigenvalue weighted by Crippen LogP contribution is -2.58. The molecule has 1 fully saturated rings. The van der Waals surface area contributed by atoms with Crippen LogP contribution in [-0.2, 0) is 6.54 Å². The molecule has 2 amide bonds. The van der Waals surface area contributed by atoms with Crippen LogP contribution in [-0.4, -0.2) is 30.7 Å². The predicted molar refractivity (Wildman–Crippen MR) is 98.6 cm³/mol. The SMILES string of the molecule is CN1C(=O)NCc2ccc(N3C(N)=NC(N)=NC34CCCCC4)cc21. The molecule has 1 saturated carbocycles. The third-order valence-corrected chi connectivity index (χ3v) is 5.27. The first-order chi connectivity index (χ1) is 12.0. The summed E-state index contributed by atoms with van der Waals surface area (Å²) in [7, 11) is 1.76. The van der Waals surface area contributed by atoms with Crippen LogP contribution in [0.3, 0.4) is 0 Å². The minimum absolute atomic E-state index is 0.112. The second-order valence-electron chi connectivity index (χ2n) is 6.85. The molecule has 1 aromatic carbocycles. The minimum Gasteiger partial charge on any atom is -0.369 e. The van der Waals surface area contributed by atoms with Gasteiger partial charge in [0.05, 0.1) is 5.69 Å². The molecule has 8 heteroatoms. The van der Waals surface area contributed by atoms with Gasteiger partial charge in [0.25, 0.3) is 0 Å². The first-order valence-corrected chi connectivity index (χ1v) is 8.64. The van der Waals surface area contributed by atoms with E-state index in [1.807, 2.05) is 23.1 Å². The van der Waals surface area contributed by atoms with Crippen molar-refractivity contribution in [1.29, 1.82) is 0 Å². The minimum atomic E-state index is -0.474. The molecule has 5 N–H and O–H groups in total. The van der Waals surface area contributed by atoms with Crippen LogP contribution in [0.15, 0.2) is 28.2 Å². The van der Waals surface area contributed by atoms with Gasteiger partial charge in [-0.15, -0.1) is 0 Å². The summed E-state index contributed by atoms with van der Waals surface area (Å²) in [5.74, 6) is 0.599. The zero-order valence-electron chi connectivity index (χ0n) is 14.3. The number of anilines is 2. The topological polar surface area (TPSA) is 112 Å². The molecule has 2 heterocycles. The van der Waals surface area contributed by atoms with Crippen molar-refractivity contribution < 1.29 is 4.79 Å². The van der Waals surface area contributed by atoms with Crippen LogP contribution in [0, 0.1) is 0 Å². The number of urea groups is 1. The van der Waals surface area contributed by atoms with Crippen molar-refractivity contribution in [2.45, 2.75) is 44.3 Å². The van der Waals surface area contributed by atoms with E-state index in [0.29, 0.717) is 12.5 Å². The molecular formula is C17H23N7O. The quantitative estimate of drug-likeness (QED) is 0.717. The second kappa shape index (κ2) is 5.65. The van der Waals surface area contributed by atoms with Crippen molar-refractivity contribution in [3.8, 4) is 0 Å². The van der Waals surface area contributed by atoms with Crippen LogP contribution in [0.5, 0.6) is 0 Å². The fourth-order valence-electron chi connectivity index (χ4n) is 4.05. The number of fused-ring (bicyclic) bond motifs is 1. The summed E-state index contributed by atoms with van der Waals surface area (Å²) < 4.78 is 0. The lowest BCUT2D eigenvalue weighted by atomic mass is 9.87. The van der Waals surface area contributed by atoms with Gasteiger partial charge in [-0.2, -0.15) is 4.99 Å². The highest BCUT2D eigenvalue weighted by Crippen LogP contribution is 2.41. The van der Waals surface area contributed by atoms with Crippen LogP contribution in [0.25, 0.3) is 0 Å². The third kappa shape index (κ3) is 2.48. The molecule has 1 spiro atoms. The van der Waals surface area contributed by atoms with E-state index in [-0.39, 0.29) is 12.0 Å². The van der Waals surface area contributed by atoms with E-state index in [0.717, 1.165) is 42.6 Å². The molecular weight excluding hydrogens is 318 g/mol. The largest absolute Gasteiger partial charge is 0.369 e. The molecule has 132 valence electrons. The normalized spacial score (nSPS) is 22.2. The van der Waals surface area contributed by atoms with E-state index >= 15 is 0 Å². The summed E-state index contributed by atoms with van der Waals surface area (Å²) in [5.41, 5.74) is 14.5. The predicted octanol–water partition coefficient (Wildman–Crippen LogP) is 1.46. The van der Waals surface area contributed by atoms with E-state index in [1.165, 1.54) is 6.42 Å². The highest BCUT2D eigenvalue weighted by Gasteiger charge is 2.42. The zero-order chi connectivity index (χ0) is 17.6. The fraction of sp³-hybridized carbons (Fsp3) is 0.471. The number of hydrogen-bond acceptors (Lipinski definition) is 6. The molecule has 25 heavy (non-hydrogen) atoms. The fourth-order valence-corrected chi connectivity index (χ4v) is 4.05. The van der Waals surface area contributed by atoms with E-state index < -0.39 is 5.66 Å². The van der Waals surface area contributed by atoms with E-state index in [4.69, 9.17) is 11.5 Å². The van der Waals surface area contributed by atoms with Crippen LogP contribution >= 0.6 is 0 Å². The van der Waals surface area contributed by atoms with Crippen molar-refractivity contribution in [3.63, 3.8) is 0 Å². The maximum atomic E-state index is 12.0. The molecule has 3 aliphatic rings. The van der Waals surface area contributed by atoms with Crippen LogP contribution in [0.1, 0.15) is 37.7 Å². The van der Waals surface area contributed by atoms with Gasteiger partial charge in [0.15, 0.2) is 0 Å². The van der Waals surface area contributed by atoms with Crippen molar-refractivity contribution in [2.75, 3.05) is 16.8 Å². The number of rotatable bonds is 1. The Hall–Kier alpha value is -2.77. The summed E-state index contributed by atoms with van der Waals surface area (Å²) in [6, 6.07) is 5.91. The van der Waals surface area contributed by atoms with Gasteiger partial charge in [-0.1, -0.05) is 12.5 Å². The van der Waals surface area contributed by atoms with Gasteiger partial charge in [0.2, 0.25) is 11.9 Å². The number of nitrogens with one attached hydrogen (secondary N) is 1. The molecule has 0 saturated heterocycles. The Balaban J connectivity index is 1.80. The first-order valence-electron chi connectivity index (χ1n) is 8.64. The Bertz CT molecular complexity index is 779. The van der Waals surface area contributed by atoms with Crippen LogP contribution < -0.4 is 26.6 Å². The summed E-state index contributed by atoms with van der Waals surface area (Å²) in [6.45, 7) is 0.526. The number of amides is 2. The van der Waals surface area contributed by atoms with Crippen molar-refractivity contribution in [3.05, 3.63) is 23.8 Å². The van der Waals surface area contributed by atoms with Gasteiger partial charge in [0, 0.05) is 19.3 Å². The molecule has 1 aliphatic carbocycles. The van der Waals surface area contributed by atoms with Crippen molar-refractivity contribution in [2.24, 2.45) is 21.5 Å². The lowest BCUT2D eigenvalue weighted by Gasteiger charge is -2.46. The number of nitrogens with two attached hydrogens (primary N) is 2. The Labute approximate surface area is 146 Å². The number of nitrogens with zero attached hydrogens (tertiary/aromatic N) is 4. The van der Waals surface area contributed by atoms with Crippen molar-refractivity contribution in [1.82, 2.24) is 5.32 Å². The molecule has 0 unspecified atom stereocenters. The Morgan fingerprint density at radius 2 is 1.96 bits per heavy atom.